The predicted molar refractivity (Wildman–Crippen MR) is 85.8 cm³/mol. The number of hydrogen-bond donors (Lipinski definition) is 1. The summed E-state index contributed by atoms with van der Waals surface area (Å²) in [4.78, 5) is 0. The molecule has 0 saturated carbocycles. The van der Waals surface area contributed by atoms with Crippen LogP contribution < -0.4 is 5.32 Å². The average Bonchev–Trinajstić information content (AvgIpc) is 2.71. The summed E-state index contributed by atoms with van der Waals surface area (Å²) >= 11 is 3.49. The largest absolute Gasteiger partial charge is 0.380 e. The lowest BCUT2D eigenvalue weighted by atomic mass is 10.2. The van der Waals surface area contributed by atoms with Gasteiger partial charge >= 0.3 is 0 Å². The average molecular weight is 332 g/mol. The van der Waals surface area contributed by atoms with Gasteiger partial charge in [0.2, 0.25) is 0 Å². The van der Waals surface area contributed by atoms with Crippen LogP contribution in [-0.4, -0.2) is 4.57 Å². The molecule has 2 rings (SSSR count). The fourth-order valence-electron chi connectivity index (χ4n) is 2.46. The first-order valence-corrected chi connectivity index (χ1v) is 7.45. The molecule has 2 aromatic rings. The monoisotopic (exact) mass is 331 g/mol. The van der Waals surface area contributed by atoms with Gasteiger partial charge in [0.1, 0.15) is 0 Å². The summed E-state index contributed by atoms with van der Waals surface area (Å²) in [6.07, 6.45) is 0. The molecule has 0 radical (unpaired) electrons. The van der Waals surface area contributed by atoms with Crippen LogP contribution in [0, 0.1) is 25.2 Å². The Morgan fingerprint density at radius 3 is 2.60 bits per heavy atom. The molecule has 0 aliphatic carbocycles. The molecule has 1 heterocycles. The summed E-state index contributed by atoms with van der Waals surface area (Å²) in [5, 5.41) is 12.3. The molecule has 0 saturated heterocycles. The van der Waals surface area contributed by atoms with Crippen molar-refractivity contribution >= 4 is 21.6 Å². The Kier molecular flexibility index (Phi) is 4.51. The Balaban J connectivity index is 2.15. The molecule has 0 spiro atoms. The highest BCUT2D eigenvalue weighted by molar-refractivity contribution is 9.10. The smallest absolute Gasteiger partial charge is 0.0992 e. The van der Waals surface area contributed by atoms with Crippen LogP contribution in [0.4, 0.5) is 5.69 Å². The van der Waals surface area contributed by atoms with Crippen molar-refractivity contribution < 1.29 is 0 Å². The third kappa shape index (κ3) is 2.88. The van der Waals surface area contributed by atoms with Crippen LogP contribution in [0.15, 0.2) is 28.7 Å². The highest BCUT2D eigenvalue weighted by Crippen LogP contribution is 2.25. The van der Waals surface area contributed by atoms with Gasteiger partial charge in [-0.3, -0.25) is 0 Å². The van der Waals surface area contributed by atoms with Crippen molar-refractivity contribution in [1.29, 1.82) is 5.26 Å². The minimum Gasteiger partial charge on any atom is -0.380 e. The van der Waals surface area contributed by atoms with Crippen molar-refractivity contribution in [3.63, 3.8) is 0 Å². The molecule has 0 amide bonds. The second-order valence-electron chi connectivity index (χ2n) is 4.80. The Morgan fingerprint density at radius 2 is 2.05 bits per heavy atom. The molecule has 0 unspecified atom stereocenters. The highest BCUT2D eigenvalue weighted by Gasteiger charge is 2.08. The molecule has 1 aromatic carbocycles. The molecule has 0 bridgehead atoms. The zero-order valence-corrected chi connectivity index (χ0v) is 13.6. The Morgan fingerprint density at radius 1 is 1.30 bits per heavy atom. The van der Waals surface area contributed by atoms with E-state index in [0.717, 1.165) is 23.2 Å². The van der Waals surface area contributed by atoms with E-state index in [1.165, 1.54) is 17.0 Å². The minimum absolute atomic E-state index is 0.659. The number of nitriles is 1. The summed E-state index contributed by atoms with van der Waals surface area (Å²) in [6, 6.07) is 9.95. The Hall–Kier alpha value is -1.73. The van der Waals surface area contributed by atoms with Crippen LogP contribution in [0.5, 0.6) is 0 Å². The second-order valence-corrected chi connectivity index (χ2v) is 5.65. The first-order chi connectivity index (χ1) is 9.56. The van der Waals surface area contributed by atoms with Gasteiger partial charge in [0.25, 0.3) is 0 Å². The summed E-state index contributed by atoms with van der Waals surface area (Å²) in [7, 11) is 0. The topological polar surface area (TPSA) is 40.8 Å². The van der Waals surface area contributed by atoms with Crippen LogP contribution >= 0.6 is 15.9 Å². The quantitative estimate of drug-likeness (QED) is 0.903. The van der Waals surface area contributed by atoms with Crippen molar-refractivity contribution in [3.05, 3.63) is 51.3 Å². The number of aromatic nitrogens is 1. The van der Waals surface area contributed by atoms with E-state index < -0.39 is 0 Å². The number of halogens is 1. The molecule has 104 valence electrons. The van der Waals surface area contributed by atoms with E-state index >= 15 is 0 Å². The summed E-state index contributed by atoms with van der Waals surface area (Å²) in [5.74, 6) is 0. The maximum absolute atomic E-state index is 8.86. The number of hydrogen-bond acceptors (Lipinski definition) is 2. The van der Waals surface area contributed by atoms with Gasteiger partial charge in [-0.15, -0.1) is 0 Å². The fraction of sp³-hybridized carbons (Fsp3) is 0.312. The standard InChI is InChI=1S/C16H18BrN3/c1-4-20-11(2)7-14(12(20)3)10-19-16-6-5-13(9-18)8-15(16)17/h5-8,19H,4,10H2,1-3H3. The summed E-state index contributed by atoms with van der Waals surface area (Å²) < 4.78 is 3.23. The van der Waals surface area contributed by atoms with Gasteiger partial charge in [-0.05, 0) is 66.5 Å². The van der Waals surface area contributed by atoms with Gasteiger partial charge in [0.05, 0.1) is 11.6 Å². The van der Waals surface area contributed by atoms with Crippen molar-refractivity contribution in [1.82, 2.24) is 4.57 Å². The maximum Gasteiger partial charge on any atom is 0.0992 e. The van der Waals surface area contributed by atoms with Gasteiger partial charge in [0.15, 0.2) is 0 Å². The third-order valence-electron chi connectivity index (χ3n) is 3.56. The number of nitrogens with one attached hydrogen (secondary N) is 1. The Bertz CT molecular complexity index is 665. The number of anilines is 1. The molecule has 3 nitrogen and oxygen atoms in total. The van der Waals surface area contributed by atoms with Gasteiger partial charge < -0.3 is 9.88 Å². The van der Waals surface area contributed by atoms with E-state index in [-0.39, 0.29) is 0 Å². The maximum atomic E-state index is 8.86. The summed E-state index contributed by atoms with van der Waals surface area (Å²) in [6.45, 7) is 8.23. The molecule has 4 heteroatoms. The normalized spacial score (nSPS) is 10.3. The SMILES string of the molecule is CCn1c(C)cc(CNc2ccc(C#N)cc2Br)c1C. The number of benzene rings is 1. The van der Waals surface area contributed by atoms with E-state index in [1.807, 2.05) is 18.2 Å². The molecule has 20 heavy (non-hydrogen) atoms. The molecule has 0 atom stereocenters. The summed E-state index contributed by atoms with van der Waals surface area (Å²) in [5.41, 5.74) is 5.57. The van der Waals surface area contributed by atoms with Crippen LogP contribution in [0.2, 0.25) is 0 Å². The van der Waals surface area contributed by atoms with Gasteiger partial charge in [-0.25, -0.2) is 0 Å². The number of nitrogens with zero attached hydrogens (tertiary/aromatic N) is 2. The zero-order valence-electron chi connectivity index (χ0n) is 12.0. The first-order valence-electron chi connectivity index (χ1n) is 6.66. The lowest BCUT2D eigenvalue weighted by molar-refractivity contribution is 0.715. The van der Waals surface area contributed by atoms with Crippen molar-refractivity contribution in [3.8, 4) is 6.07 Å². The van der Waals surface area contributed by atoms with E-state index in [1.54, 1.807) is 0 Å². The molecule has 0 aliphatic rings. The van der Waals surface area contributed by atoms with Crippen molar-refractivity contribution in [2.24, 2.45) is 0 Å². The van der Waals surface area contributed by atoms with Crippen LogP contribution in [0.3, 0.4) is 0 Å². The lowest BCUT2D eigenvalue weighted by Gasteiger charge is -2.10. The van der Waals surface area contributed by atoms with E-state index in [4.69, 9.17) is 5.26 Å². The second kappa shape index (κ2) is 6.15. The highest BCUT2D eigenvalue weighted by atomic mass is 79.9. The zero-order chi connectivity index (χ0) is 14.7. The minimum atomic E-state index is 0.659. The van der Waals surface area contributed by atoms with Gasteiger partial charge in [-0.1, -0.05) is 0 Å². The molecule has 0 aliphatic heterocycles. The molecular formula is C16H18BrN3. The molecule has 1 N–H and O–H groups in total. The lowest BCUT2D eigenvalue weighted by Crippen LogP contribution is -2.03. The Labute approximate surface area is 128 Å². The predicted octanol–water partition coefficient (Wildman–Crippen LogP) is 4.37. The van der Waals surface area contributed by atoms with Crippen LogP contribution in [0.1, 0.15) is 29.4 Å². The van der Waals surface area contributed by atoms with E-state index in [9.17, 15) is 0 Å². The van der Waals surface area contributed by atoms with Crippen molar-refractivity contribution in [2.75, 3.05) is 5.32 Å². The third-order valence-corrected chi connectivity index (χ3v) is 4.22. The van der Waals surface area contributed by atoms with Gasteiger partial charge in [-0.2, -0.15) is 5.26 Å². The first kappa shape index (κ1) is 14.7. The van der Waals surface area contributed by atoms with Crippen LogP contribution in [0.25, 0.3) is 0 Å². The molecular weight excluding hydrogens is 314 g/mol. The molecule has 1 aromatic heterocycles. The molecule has 0 fully saturated rings. The van der Waals surface area contributed by atoms with Crippen molar-refractivity contribution in [2.45, 2.75) is 33.9 Å². The van der Waals surface area contributed by atoms with Gasteiger partial charge in [0, 0.05) is 34.6 Å². The van der Waals surface area contributed by atoms with Crippen LogP contribution in [-0.2, 0) is 13.1 Å². The number of aryl methyl sites for hydroxylation is 1. The van der Waals surface area contributed by atoms with E-state index in [2.05, 4.69) is 58.7 Å². The fourth-order valence-corrected chi connectivity index (χ4v) is 2.98. The van der Waals surface area contributed by atoms with E-state index in [0.29, 0.717) is 5.56 Å². The number of rotatable bonds is 4.